The van der Waals surface area contributed by atoms with Crippen LogP contribution in [0.4, 0.5) is 0 Å². The fourth-order valence-corrected chi connectivity index (χ4v) is 4.35. The topological polar surface area (TPSA) is 66.5 Å². The predicted molar refractivity (Wildman–Crippen MR) is 78.7 cm³/mol. The fourth-order valence-electron chi connectivity index (χ4n) is 3.51. The molecule has 6 heteroatoms. The Morgan fingerprint density at radius 3 is 2.50 bits per heavy atom. The zero-order chi connectivity index (χ0) is 14.9. The summed E-state index contributed by atoms with van der Waals surface area (Å²) in [5.41, 5.74) is -0.688. The molecule has 2 rings (SSSR count). The van der Waals surface area contributed by atoms with Crippen molar-refractivity contribution in [3.63, 3.8) is 0 Å². The molecule has 2 fully saturated rings. The van der Waals surface area contributed by atoms with Crippen molar-refractivity contribution in [2.45, 2.75) is 63.6 Å². The predicted octanol–water partition coefficient (Wildman–Crippen LogP) is 0.803. The Morgan fingerprint density at radius 1 is 1.40 bits per heavy atom. The van der Waals surface area contributed by atoms with Crippen molar-refractivity contribution in [1.29, 1.82) is 0 Å². The van der Waals surface area contributed by atoms with Gasteiger partial charge in [0.15, 0.2) is 0 Å². The van der Waals surface area contributed by atoms with Gasteiger partial charge in [-0.15, -0.1) is 0 Å². The highest BCUT2D eigenvalue weighted by molar-refractivity contribution is 7.84. The first-order valence-electron chi connectivity index (χ1n) is 7.36. The van der Waals surface area contributed by atoms with Crippen molar-refractivity contribution in [2.75, 3.05) is 12.0 Å². The molecule has 1 saturated carbocycles. The normalized spacial score (nSPS) is 28.6. The van der Waals surface area contributed by atoms with E-state index in [0.717, 1.165) is 25.7 Å². The lowest BCUT2D eigenvalue weighted by atomic mass is 9.89. The average Bonchev–Trinajstić information content (AvgIpc) is 2.81. The Kier molecular flexibility index (Phi) is 4.52. The molecule has 2 amide bonds. The van der Waals surface area contributed by atoms with Crippen LogP contribution in [0.15, 0.2) is 0 Å². The number of carbonyl (C=O) groups excluding carboxylic acids is 2. The molecule has 0 radical (unpaired) electrons. The van der Waals surface area contributed by atoms with Gasteiger partial charge in [0.1, 0.15) is 11.6 Å². The van der Waals surface area contributed by atoms with E-state index in [-0.39, 0.29) is 17.9 Å². The van der Waals surface area contributed by atoms with E-state index in [2.05, 4.69) is 5.32 Å². The van der Waals surface area contributed by atoms with E-state index < -0.39 is 22.4 Å². The summed E-state index contributed by atoms with van der Waals surface area (Å²) in [5.74, 6) is 0.396. The largest absolute Gasteiger partial charge is 0.340 e. The SMILES string of the molecule is CCC1C(=O)NC2(CCCC2)C(=O)N1C(C)CS(C)=O. The molecule has 5 nitrogen and oxygen atoms in total. The van der Waals surface area contributed by atoms with Crippen LogP contribution in [0.5, 0.6) is 0 Å². The van der Waals surface area contributed by atoms with Gasteiger partial charge in [-0.2, -0.15) is 0 Å². The first-order valence-corrected chi connectivity index (χ1v) is 9.09. The molecule has 2 aliphatic rings. The average molecular weight is 300 g/mol. The Hall–Kier alpha value is -0.910. The van der Waals surface area contributed by atoms with Crippen molar-refractivity contribution in [3.05, 3.63) is 0 Å². The van der Waals surface area contributed by atoms with Crippen molar-refractivity contribution in [1.82, 2.24) is 10.2 Å². The van der Waals surface area contributed by atoms with Gasteiger partial charge in [-0.25, -0.2) is 0 Å². The molecule has 20 heavy (non-hydrogen) atoms. The van der Waals surface area contributed by atoms with Crippen LogP contribution < -0.4 is 5.32 Å². The zero-order valence-corrected chi connectivity index (χ0v) is 13.3. The summed E-state index contributed by atoms with van der Waals surface area (Å²) in [5, 5.41) is 2.97. The maximum absolute atomic E-state index is 12.9. The molecule has 0 bridgehead atoms. The second-order valence-corrected chi connectivity index (χ2v) is 7.48. The van der Waals surface area contributed by atoms with E-state index in [1.54, 1.807) is 11.2 Å². The standard InChI is InChI=1S/C14H24N2O3S/c1-4-11-12(17)15-14(7-5-6-8-14)13(18)16(11)10(2)9-20(3)19/h10-11H,4-9H2,1-3H3,(H,15,17). The highest BCUT2D eigenvalue weighted by Crippen LogP contribution is 2.35. The van der Waals surface area contributed by atoms with Crippen LogP contribution in [0.2, 0.25) is 0 Å². The third-order valence-corrected chi connectivity index (χ3v) is 5.39. The lowest BCUT2D eigenvalue weighted by Gasteiger charge is -2.46. The van der Waals surface area contributed by atoms with Gasteiger partial charge >= 0.3 is 0 Å². The van der Waals surface area contributed by atoms with Crippen LogP contribution in [-0.2, 0) is 20.4 Å². The molecule has 114 valence electrons. The van der Waals surface area contributed by atoms with Crippen LogP contribution in [0.1, 0.15) is 46.0 Å². The summed E-state index contributed by atoms with van der Waals surface area (Å²) < 4.78 is 11.5. The van der Waals surface area contributed by atoms with Gasteiger partial charge in [-0.05, 0) is 26.2 Å². The minimum absolute atomic E-state index is 0.0272. The Morgan fingerprint density at radius 2 is 2.00 bits per heavy atom. The molecule has 3 unspecified atom stereocenters. The molecule has 1 saturated heterocycles. The van der Waals surface area contributed by atoms with Gasteiger partial charge in [0, 0.05) is 28.9 Å². The van der Waals surface area contributed by atoms with Crippen molar-refractivity contribution >= 4 is 22.6 Å². The van der Waals surface area contributed by atoms with Gasteiger partial charge in [-0.3, -0.25) is 13.8 Å². The summed E-state index contributed by atoms with van der Waals surface area (Å²) in [6, 6.07) is -0.589. The van der Waals surface area contributed by atoms with Gasteiger partial charge < -0.3 is 10.2 Å². The molecular weight excluding hydrogens is 276 g/mol. The first kappa shape index (κ1) is 15.5. The molecule has 1 spiro atoms. The third-order valence-electron chi connectivity index (χ3n) is 4.44. The summed E-state index contributed by atoms with van der Waals surface area (Å²) >= 11 is 0. The van der Waals surface area contributed by atoms with Crippen molar-refractivity contribution < 1.29 is 13.8 Å². The zero-order valence-electron chi connectivity index (χ0n) is 12.5. The second-order valence-electron chi connectivity index (χ2n) is 6.00. The Bertz CT molecular complexity index is 432. The molecule has 0 aromatic heterocycles. The third kappa shape index (κ3) is 2.62. The van der Waals surface area contributed by atoms with Gasteiger partial charge in [0.2, 0.25) is 11.8 Å². The Balaban J connectivity index is 2.30. The van der Waals surface area contributed by atoms with Gasteiger partial charge in [0.05, 0.1) is 0 Å². The maximum Gasteiger partial charge on any atom is 0.249 e. The minimum Gasteiger partial charge on any atom is -0.340 e. The van der Waals surface area contributed by atoms with E-state index in [4.69, 9.17) is 0 Å². The number of carbonyl (C=O) groups is 2. The number of rotatable bonds is 4. The molecule has 1 aliphatic carbocycles. The monoisotopic (exact) mass is 300 g/mol. The number of piperazine rings is 1. The molecule has 1 heterocycles. The van der Waals surface area contributed by atoms with Crippen LogP contribution >= 0.6 is 0 Å². The van der Waals surface area contributed by atoms with Gasteiger partial charge in [0.25, 0.3) is 0 Å². The number of hydrogen-bond donors (Lipinski definition) is 1. The highest BCUT2D eigenvalue weighted by Gasteiger charge is 2.52. The molecule has 1 aliphatic heterocycles. The van der Waals surface area contributed by atoms with E-state index in [0.29, 0.717) is 12.2 Å². The summed E-state index contributed by atoms with van der Waals surface area (Å²) in [6.07, 6.45) is 5.64. The summed E-state index contributed by atoms with van der Waals surface area (Å²) in [7, 11) is -0.979. The molecule has 3 atom stereocenters. The number of nitrogens with zero attached hydrogens (tertiary/aromatic N) is 1. The van der Waals surface area contributed by atoms with Gasteiger partial charge in [-0.1, -0.05) is 19.8 Å². The van der Waals surface area contributed by atoms with Crippen LogP contribution in [0.25, 0.3) is 0 Å². The highest BCUT2D eigenvalue weighted by atomic mass is 32.2. The maximum atomic E-state index is 12.9. The van der Waals surface area contributed by atoms with Crippen molar-refractivity contribution in [2.24, 2.45) is 0 Å². The van der Waals surface area contributed by atoms with Crippen LogP contribution in [0.3, 0.4) is 0 Å². The number of nitrogens with one attached hydrogen (secondary N) is 1. The number of amides is 2. The molecule has 0 aromatic rings. The first-order chi connectivity index (χ1) is 9.41. The molecular formula is C14H24N2O3S. The van der Waals surface area contributed by atoms with E-state index in [9.17, 15) is 13.8 Å². The van der Waals surface area contributed by atoms with Crippen LogP contribution in [-0.4, -0.2) is 50.6 Å². The molecule has 1 N–H and O–H groups in total. The summed E-state index contributed by atoms with van der Waals surface area (Å²) in [6.45, 7) is 3.80. The summed E-state index contributed by atoms with van der Waals surface area (Å²) in [4.78, 5) is 27.0. The van der Waals surface area contributed by atoms with E-state index >= 15 is 0 Å². The quantitative estimate of drug-likeness (QED) is 0.835. The molecule has 0 aromatic carbocycles. The number of hydrogen-bond acceptors (Lipinski definition) is 3. The lowest BCUT2D eigenvalue weighted by molar-refractivity contribution is -0.157. The minimum atomic E-state index is -0.979. The van der Waals surface area contributed by atoms with E-state index in [1.165, 1.54) is 0 Å². The van der Waals surface area contributed by atoms with E-state index in [1.807, 2.05) is 13.8 Å². The lowest BCUT2D eigenvalue weighted by Crippen LogP contribution is -2.71. The van der Waals surface area contributed by atoms with Crippen molar-refractivity contribution in [3.8, 4) is 0 Å². The Labute approximate surface area is 122 Å². The second kappa shape index (κ2) is 5.84. The van der Waals surface area contributed by atoms with Crippen LogP contribution in [0, 0.1) is 0 Å². The fraction of sp³-hybridized carbons (Fsp3) is 0.857. The smallest absolute Gasteiger partial charge is 0.249 e.